The lowest BCUT2D eigenvalue weighted by Crippen LogP contribution is -2.50. The molecule has 1 aliphatic rings. The molecule has 1 fully saturated rings. The summed E-state index contributed by atoms with van der Waals surface area (Å²) in [6, 6.07) is 10.4. The standard InChI is InChI=1S/C20H23N5OS/c1-14-15(2)27-20-18(14)19(22-13-23-20)21-12-17(26)25-10-8-24(9-11-25)16-6-4-3-5-7-16/h3-7,13H,8-12H2,1-2H3,(H,21,22,23). The van der Waals surface area contributed by atoms with Crippen LogP contribution in [0.2, 0.25) is 0 Å². The Bertz CT molecular complexity index is 948. The van der Waals surface area contributed by atoms with Crippen LogP contribution in [-0.2, 0) is 4.79 Å². The summed E-state index contributed by atoms with van der Waals surface area (Å²) in [5.41, 5.74) is 2.40. The predicted octanol–water partition coefficient (Wildman–Crippen LogP) is 3.07. The number of fused-ring (bicyclic) bond motifs is 1. The number of piperazine rings is 1. The van der Waals surface area contributed by atoms with Crippen molar-refractivity contribution in [3.63, 3.8) is 0 Å². The minimum absolute atomic E-state index is 0.110. The van der Waals surface area contributed by atoms with Crippen LogP contribution in [-0.4, -0.2) is 53.5 Å². The van der Waals surface area contributed by atoms with Crippen LogP contribution in [0.5, 0.6) is 0 Å². The first-order chi connectivity index (χ1) is 13.1. The van der Waals surface area contributed by atoms with Crippen LogP contribution in [0.25, 0.3) is 10.2 Å². The SMILES string of the molecule is Cc1sc2ncnc(NCC(=O)N3CCN(c4ccccc4)CC3)c2c1C. The van der Waals surface area contributed by atoms with Crippen LogP contribution in [0.3, 0.4) is 0 Å². The Morgan fingerprint density at radius 1 is 1.11 bits per heavy atom. The van der Waals surface area contributed by atoms with Crippen LogP contribution in [0, 0.1) is 13.8 Å². The van der Waals surface area contributed by atoms with Crippen molar-refractivity contribution in [2.45, 2.75) is 13.8 Å². The van der Waals surface area contributed by atoms with Crippen molar-refractivity contribution in [3.8, 4) is 0 Å². The molecule has 3 heterocycles. The maximum Gasteiger partial charge on any atom is 0.242 e. The fourth-order valence-electron chi connectivity index (χ4n) is 3.44. The van der Waals surface area contributed by atoms with Gasteiger partial charge >= 0.3 is 0 Å². The van der Waals surface area contributed by atoms with Crippen molar-refractivity contribution in [3.05, 3.63) is 47.1 Å². The monoisotopic (exact) mass is 381 g/mol. The molecule has 1 N–H and O–H groups in total. The van der Waals surface area contributed by atoms with Crippen molar-refractivity contribution in [2.75, 3.05) is 42.9 Å². The smallest absolute Gasteiger partial charge is 0.242 e. The molecule has 0 aliphatic carbocycles. The Morgan fingerprint density at radius 3 is 2.59 bits per heavy atom. The Kier molecular flexibility index (Phi) is 4.94. The van der Waals surface area contributed by atoms with Gasteiger partial charge in [-0.25, -0.2) is 9.97 Å². The number of benzene rings is 1. The molecule has 1 saturated heterocycles. The summed E-state index contributed by atoms with van der Waals surface area (Å²) in [4.78, 5) is 27.8. The molecule has 1 aromatic carbocycles. The first-order valence-corrected chi connectivity index (χ1v) is 9.97. The zero-order valence-corrected chi connectivity index (χ0v) is 16.4. The van der Waals surface area contributed by atoms with Crippen LogP contribution in [0.4, 0.5) is 11.5 Å². The lowest BCUT2D eigenvalue weighted by atomic mass is 10.2. The third-order valence-corrected chi connectivity index (χ3v) is 6.24. The topological polar surface area (TPSA) is 61.4 Å². The molecule has 0 spiro atoms. The van der Waals surface area contributed by atoms with Gasteiger partial charge in [-0.05, 0) is 31.5 Å². The van der Waals surface area contributed by atoms with Gasteiger partial charge in [0.1, 0.15) is 17.0 Å². The molecule has 0 atom stereocenters. The van der Waals surface area contributed by atoms with E-state index in [2.05, 4.69) is 46.2 Å². The Labute approximate surface area is 162 Å². The number of para-hydroxylation sites is 1. The largest absolute Gasteiger partial charge is 0.368 e. The van der Waals surface area contributed by atoms with Crippen LogP contribution in [0.1, 0.15) is 10.4 Å². The molecule has 0 unspecified atom stereocenters. The minimum atomic E-state index is 0.110. The van der Waals surface area contributed by atoms with Gasteiger partial charge < -0.3 is 15.1 Å². The summed E-state index contributed by atoms with van der Waals surface area (Å²) in [5.74, 6) is 0.859. The second kappa shape index (κ2) is 7.52. The molecule has 2 aromatic heterocycles. The maximum absolute atomic E-state index is 12.6. The van der Waals surface area contributed by atoms with Gasteiger partial charge in [-0.2, -0.15) is 0 Å². The third-order valence-electron chi connectivity index (χ3n) is 5.13. The summed E-state index contributed by atoms with van der Waals surface area (Å²) in [5, 5.41) is 4.26. The number of anilines is 2. The van der Waals surface area contributed by atoms with E-state index >= 15 is 0 Å². The van der Waals surface area contributed by atoms with Crippen LogP contribution >= 0.6 is 11.3 Å². The summed E-state index contributed by atoms with van der Waals surface area (Å²) in [6.45, 7) is 7.62. The number of amides is 1. The Balaban J connectivity index is 1.37. The van der Waals surface area contributed by atoms with Crippen molar-refractivity contribution in [2.24, 2.45) is 0 Å². The van der Waals surface area contributed by atoms with Gasteiger partial charge in [-0.1, -0.05) is 18.2 Å². The lowest BCUT2D eigenvalue weighted by molar-refractivity contribution is -0.129. The van der Waals surface area contributed by atoms with Crippen molar-refractivity contribution in [1.29, 1.82) is 0 Å². The van der Waals surface area contributed by atoms with E-state index in [1.54, 1.807) is 17.7 Å². The number of nitrogens with zero attached hydrogens (tertiary/aromatic N) is 4. The summed E-state index contributed by atoms with van der Waals surface area (Å²) in [7, 11) is 0. The van der Waals surface area contributed by atoms with E-state index < -0.39 is 0 Å². The molecule has 3 aromatic rings. The molecular weight excluding hydrogens is 358 g/mol. The number of carbonyl (C=O) groups excluding carboxylic acids is 1. The molecular formula is C20H23N5OS. The predicted molar refractivity (Wildman–Crippen MR) is 111 cm³/mol. The van der Waals surface area contributed by atoms with E-state index in [1.807, 2.05) is 23.1 Å². The molecule has 0 radical (unpaired) electrons. The van der Waals surface area contributed by atoms with Crippen LogP contribution < -0.4 is 10.2 Å². The average Bonchev–Trinajstić information content (AvgIpc) is 3.01. The highest BCUT2D eigenvalue weighted by Gasteiger charge is 2.21. The van der Waals surface area contributed by atoms with E-state index in [4.69, 9.17) is 0 Å². The van der Waals surface area contributed by atoms with Crippen molar-refractivity contribution >= 4 is 39.0 Å². The highest BCUT2D eigenvalue weighted by Crippen LogP contribution is 2.32. The number of hydrogen-bond donors (Lipinski definition) is 1. The fourth-order valence-corrected chi connectivity index (χ4v) is 4.44. The normalized spacial score (nSPS) is 14.6. The molecule has 1 amide bonds. The summed E-state index contributed by atoms with van der Waals surface area (Å²) in [6.07, 6.45) is 1.56. The zero-order chi connectivity index (χ0) is 18.8. The van der Waals surface area contributed by atoms with Gasteiger partial charge in [0.25, 0.3) is 0 Å². The van der Waals surface area contributed by atoms with E-state index in [9.17, 15) is 4.79 Å². The number of nitrogens with one attached hydrogen (secondary N) is 1. The molecule has 6 nitrogen and oxygen atoms in total. The molecule has 7 heteroatoms. The van der Waals surface area contributed by atoms with Gasteiger partial charge in [0, 0.05) is 36.7 Å². The number of aromatic nitrogens is 2. The molecule has 0 bridgehead atoms. The molecule has 4 rings (SSSR count). The van der Waals surface area contributed by atoms with E-state index in [0.717, 1.165) is 42.2 Å². The molecule has 140 valence electrons. The van der Waals surface area contributed by atoms with Gasteiger partial charge in [-0.3, -0.25) is 4.79 Å². The lowest BCUT2D eigenvalue weighted by Gasteiger charge is -2.36. The van der Waals surface area contributed by atoms with Gasteiger partial charge in [-0.15, -0.1) is 11.3 Å². The Morgan fingerprint density at radius 2 is 1.85 bits per heavy atom. The van der Waals surface area contributed by atoms with Crippen molar-refractivity contribution in [1.82, 2.24) is 14.9 Å². The highest BCUT2D eigenvalue weighted by molar-refractivity contribution is 7.18. The zero-order valence-electron chi connectivity index (χ0n) is 15.6. The molecule has 1 aliphatic heterocycles. The minimum Gasteiger partial charge on any atom is -0.368 e. The number of rotatable bonds is 4. The first kappa shape index (κ1) is 17.7. The Hall–Kier alpha value is -2.67. The van der Waals surface area contributed by atoms with Gasteiger partial charge in [0.15, 0.2) is 0 Å². The van der Waals surface area contributed by atoms with E-state index in [0.29, 0.717) is 0 Å². The summed E-state index contributed by atoms with van der Waals surface area (Å²) >= 11 is 1.66. The average molecular weight is 382 g/mol. The second-order valence-corrected chi connectivity index (χ2v) is 7.95. The van der Waals surface area contributed by atoms with Crippen molar-refractivity contribution < 1.29 is 4.79 Å². The number of thiophene rings is 1. The van der Waals surface area contributed by atoms with E-state index in [-0.39, 0.29) is 12.5 Å². The third kappa shape index (κ3) is 3.60. The molecule has 0 saturated carbocycles. The van der Waals surface area contributed by atoms with Gasteiger partial charge in [0.2, 0.25) is 5.91 Å². The number of hydrogen-bond acceptors (Lipinski definition) is 6. The maximum atomic E-state index is 12.6. The quantitative estimate of drug-likeness (QED) is 0.753. The fraction of sp³-hybridized carbons (Fsp3) is 0.350. The number of aryl methyl sites for hydroxylation is 2. The van der Waals surface area contributed by atoms with Gasteiger partial charge in [0.05, 0.1) is 11.9 Å². The summed E-state index contributed by atoms with van der Waals surface area (Å²) < 4.78 is 0. The second-order valence-electron chi connectivity index (χ2n) is 6.74. The number of carbonyl (C=O) groups is 1. The first-order valence-electron chi connectivity index (χ1n) is 9.16. The molecule has 27 heavy (non-hydrogen) atoms. The van der Waals surface area contributed by atoms with E-state index in [1.165, 1.54) is 16.1 Å². The highest BCUT2D eigenvalue weighted by atomic mass is 32.1. The van der Waals surface area contributed by atoms with Crippen LogP contribution in [0.15, 0.2) is 36.7 Å².